The molecule has 0 atom stereocenters. The van der Waals surface area contributed by atoms with Crippen molar-refractivity contribution in [2.75, 3.05) is 26.1 Å². The van der Waals surface area contributed by atoms with Crippen LogP contribution in [0.3, 0.4) is 0 Å². The number of hydrogen-bond donors (Lipinski definition) is 3. The lowest BCUT2D eigenvalue weighted by atomic mass is 10.1. The maximum atomic E-state index is 13.3. The van der Waals surface area contributed by atoms with Gasteiger partial charge in [0, 0.05) is 29.6 Å². The number of carbonyl (C=O) groups is 1. The Morgan fingerprint density at radius 2 is 1.79 bits per heavy atom. The first-order valence-electron chi connectivity index (χ1n) is 11.8. The van der Waals surface area contributed by atoms with Crippen molar-refractivity contribution >= 4 is 22.5 Å². The van der Waals surface area contributed by atoms with Gasteiger partial charge in [-0.3, -0.25) is 4.79 Å². The van der Waals surface area contributed by atoms with Gasteiger partial charge in [0.25, 0.3) is 5.91 Å². The number of alkyl halides is 3. The zero-order chi connectivity index (χ0) is 28.2. The van der Waals surface area contributed by atoms with Crippen molar-refractivity contribution in [3.05, 3.63) is 78.0 Å². The number of pyridine rings is 1. The van der Waals surface area contributed by atoms with Crippen molar-refractivity contribution in [2.24, 2.45) is 5.73 Å². The highest BCUT2D eigenvalue weighted by atomic mass is 19.4. The molecule has 0 spiro atoms. The summed E-state index contributed by atoms with van der Waals surface area (Å²) >= 11 is 0. The lowest BCUT2D eigenvalue weighted by Gasteiger charge is -2.13. The van der Waals surface area contributed by atoms with E-state index >= 15 is 0 Å². The minimum Gasteiger partial charge on any atom is -0.495 e. The van der Waals surface area contributed by atoms with E-state index in [9.17, 15) is 18.0 Å². The number of methoxy groups -OCH3 is 2. The molecule has 2 aromatic carbocycles. The average Bonchev–Trinajstić information content (AvgIpc) is 3.36. The van der Waals surface area contributed by atoms with Crippen LogP contribution in [0.4, 0.5) is 18.9 Å². The second kappa shape index (κ2) is 11.4. The van der Waals surface area contributed by atoms with Crippen molar-refractivity contribution in [1.29, 1.82) is 0 Å². The van der Waals surface area contributed by atoms with E-state index in [1.54, 1.807) is 13.2 Å². The number of amides is 1. The van der Waals surface area contributed by atoms with Gasteiger partial charge in [-0.1, -0.05) is 18.7 Å². The lowest BCUT2D eigenvalue weighted by Crippen LogP contribution is -2.27. The standard InChI is InChI=1S/C27H26F3N5O4/c1-15(33-18-6-4-5-7-19(18)37-2)12-13-32-25(36)24-21(14-31)39-26(35-24)17-8-10-20(38-3)23-16(17)9-11-22(34-23)27(28,29)30/h4-11,33H,1,12-14,31H2,2-3H3,(H,32,36). The zero-order valence-electron chi connectivity index (χ0n) is 21.2. The summed E-state index contributed by atoms with van der Waals surface area (Å²) in [5.41, 5.74) is 6.39. The number of halogens is 3. The molecule has 12 heteroatoms. The number of nitrogens with zero attached hydrogens (tertiary/aromatic N) is 2. The molecule has 0 aliphatic carbocycles. The number of nitrogens with one attached hydrogen (secondary N) is 2. The quantitative estimate of drug-likeness (QED) is 0.252. The summed E-state index contributed by atoms with van der Waals surface area (Å²) in [6.45, 7) is 4.09. The van der Waals surface area contributed by atoms with Crippen LogP contribution in [0.2, 0.25) is 0 Å². The van der Waals surface area contributed by atoms with Crippen LogP contribution in [0.15, 0.2) is 65.2 Å². The minimum absolute atomic E-state index is 0.0112. The third-order valence-corrected chi connectivity index (χ3v) is 5.79. The number of rotatable bonds is 10. The Bertz CT molecular complexity index is 1520. The summed E-state index contributed by atoms with van der Waals surface area (Å²) in [4.78, 5) is 21.0. The van der Waals surface area contributed by atoms with Crippen molar-refractivity contribution in [1.82, 2.24) is 15.3 Å². The van der Waals surface area contributed by atoms with Crippen LogP contribution < -0.4 is 25.8 Å². The van der Waals surface area contributed by atoms with E-state index in [1.165, 1.54) is 19.2 Å². The first-order valence-corrected chi connectivity index (χ1v) is 11.8. The van der Waals surface area contributed by atoms with E-state index < -0.39 is 17.8 Å². The molecule has 9 nitrogen and oxygen atoms in total. The molecule has 1 amide bonds. The molecular weight excluding hydrogens is 515 g/mol. The van der Waals surface area contributed by atoms with E-state index in [0.29, 0.717) is 28.8 Å². The van der Waals surface area contributed by atoms with Crippen LogP contribution in [0.5, 0.6) is 11.5 Å². The monoisotopic (exact) mass is 541 g/mol. The van der Waals surface area contributed by atoms with Gasteiger partial charge in [0.15, 0.2) is 11.5 Å². The number of carbonyl (C=O) groups excluding carboxylic acids is 1. The molecule has 0 unspecified atom stereocenters. The molecular formula is C27H26F3N5O4. The van der Waals surface area contributed by atoms with E-state index in [2.05, 4.69) is 27.2 Å². The van der Waals surface area contributed by atoms with Gasteiger partial charge in [0.2, 0.25) is 5.89 Å². The number of para-hydroxylation sites is 2. The average molecular weight is 542 g/mol. The Morgan fingerprint density at radius 1 is 1.05 bits per heavy atom. The molecule has 2 heterocycles. The minimum atomic E-state index is -4.63. The smallest absolute Gasteiger partial charge is 0.433 e. The number of anilines is 1. The van der Waals surface area contributed by atoms with Crippen LogP contribution in [0.25, 0.3) is 22.4 Å². The van der Waals surface area contributed by atoms with Crippen molar-refractivity contribution in [3.63, 3.8) is 0 Å². The zero-order valence-corrected chi connectivity index (χ0v) is 21.2. The van der Waals surface area contributed by atoms with E-state index in [1.807, 2.05) is 24.3 Å². The van der Waals surface area contributed by atoms with E-state index in [-0.39, 0.29) is 41.7 Å². The molecule has 0 fully saturated rings. The highest BCUT2D eigenvalue weighted by Crippen LogP contribution is 2.37. The van der Waals surface area contributed by atoms with Crippen LogP contribution in [0, 0.1) is 0 Å². The lowest BCUT2D eigenvalue weighted by molar-refractivity contribution is -0.140. The molecule has 0 saturated carbocycles. The Balaban J connectivity index is 1.53. The third kappa shape index (κ3) is 5.96. The summed E-state index contributed by atoms with van der Waals surface area (Å²) in [5.74, 6) is 0.409. The molecule has 4 N–H and O–H groups in total. The van der Waals surface area contributed by atoms with Crippen LogP contribution in [-0.4, -0.2) is 36.6 Å². The van der Waals surface area contributed by atoms with Gasteiger partial charge < -0.3 is 30.3 Å². The molecule has 0 aliphatic heterocycles. The number of benzene rings is 2. The molecule has 4 aromatic rings. The van der Waals surface area contributed by atoms with Gasteiger partial charge in [-0.25, -0.2) is 9.97 Å². The predicted octanol–water partition coefficient (Wildman–Crippen LogP) is 5.13. The molecule has 204 valence electrons. The second-order valence-electron chi connectivity index (χ2n) is 8.34. The Kier molecular flexibility index (Phi) is 8.05. The Labute approximate surface area is 221 Å². The van der Waals surface area contributed by atoms with E-state index in [0.717, 1.165) is 11.8 Å². The Morgan fingerprint density at radius 3 is 2.49 bits per heavy atom. The fourth-order valence-corrected chi connectivity index (χ4v) is 3.90. The molecule has 0 aliphatic rings. The van der Waals surface area contributed by atoms with Crippen LogP contribution >= 0.6 is 0 Å². The molecule has 0 bridgehead atoms. The Hall–Kier alpha value is -4.58. The van der Waals surface area contributed by atoms with Gasteiger partial charge >= 0.3 is 6.18 Å². The summed E-state index contributed by atoms with van der Waals surface area (Å²) in [7, 11) is 2.90. The van der Waals surface area contributed by atoms with E-state index in [4.69, 9.17) is 19.6 Å². The molecule has 2 aromatic heterocycles. The van der Waals surface area contributed by atoms with Crippen LogP contribution in [0.1, 0.15) is 28.4 Å². The number of fused-ring (bicyclic) bond motifs is 1. The second-order valence-corrected chi connectivity index (χ2v) is 8.34. The maximum Gasteiger partial charge on any atom is 0.433 e. The topological polar surface area (TPSA) is 125 Å². The summed E-state index contributed by atoms with van der Waals surface area (Å²) in [6, 6.07) is 12.5. The number of hydrogen-bond acceptors (Lipinski definition) is 8. The molecule has 0 radical (unpaired) electrons. The van der Waals surface area contributed by atoms with Gasteiger partial charge in [0.05, 0.1) is 26.5 Å². The van der Waals surface area contributed by atoms with Gasteiger partial charge in [-0.15, -0.1) is 0 Å². The highest BCUT2D eigenvalue weighted by Gasteiger charge is 2.33. The molecule has 39 heavy (non-hydrogen) atoms. The normalized spacial score (nSPS) is 11.3. The van der Waals surface area contributed by atoms with Crippen molar-refractivity contribution in [3.8, 4) is 23.0 Å². The van der Waals surface area contributed by atoms with Crippen LogP contribution in [-0.2, 0) is 12.7 Å². The van der Waals surface area contributed by atoms with Gasteiger partial charge in [-0.2, -0.15) is 13.2 Å². The van der Waals surface area contributed by atoms with Gasteiger partial charge in [-0.05, 0) is 36.4 Å². The van der Waals surface area contributed by atoms with Crippen molar-refractivity contribution in [2.45, 2.75) is 19.1 Å². The number of oxazole rings is 1. The highest BCUT2D eigenvalue weighted by molar-refractivity contribution is 5.98. The third-order valence-electron chi connectivity index (χ3n) is 5.79. The fourth-order valence-electron chi connectivity index (χ4n) is 3.90. The summed E-state index contributed by atoms with van der Waals surface area (Å²) < 4.78 is 56.0. The predicted molar refractivity (Wildman–Crippen MR) is 139 cm³/mol. The number of nitrogens with two attached hydrogens (primary N) is 1. The molecule has 4 rings (SSSR count). The number of aromatic nitrogens is 2. The summed E-state index contributed by atoms with van der Waals surface area (Å²) in [5, 5.41) is 6.21. The first-order chi connectivity index (χ1) is 18.7. The maximum absolute atomic E-state index is 13.3. The summed E-state index contributed by atoms with van der Waals surface area (Å²) in [6.07, 6.45) is -4.23. The largest absolute Gasteiger partial charge is 0.495 e. The van der Waals surface area contributed by atoms with Gasteiger partial charge in [0.1, 0.15) is 22.7 Å². The van der Waals surface area contributed by atoms with Crippen molar-refractivity contribution < 1.29 is 31.9 Å². The fraction of sp³-hybridized carbons (Fsp3) is 0.222. The number of ether oxygens (including phenoxy) is 2. The molecule has 0 saturated heterocycles. The first kappa shape index (κ1) is 27.5. The SMILES string of the molecule is C=C(CCNC(=O)c1nc(-c2ccc(OC)c3nc(C(F)(F)F)ccc23)oc1CN)Nc1ccccc1OC.